The van der Waals surface area contributed by atoms with Crippen LogP contribution in [0.25, 0.3) is 11.0 Å². The smallest absolute Gasteiger partial charge is 0.317 e. The molecule has 1 unspecified atom stereocenters. The number of aromatic nitrogens is 2. The van der Waals surface area contributed by atoms with Crippen LogP contribution in [0.3, 0.4) is 0 Å². The Morgan fingerprint density at radius 3 is 2.91 bits per heavy atom. The quantitative estimate of drug-likeness (QED) is 0.942. The molecule has 2 heterocycles. The van der Waals surface area contributed by atoms with E-state index in [0.717, 1.165) is 37.3 Å². The van der Waals surface area contributed by atoms with Crippen molar-refractivity contribution in [2.75, 3.05) is 19.6 Å². The van der Waals surface area contributed by atoms with E-state index in [1.807, 2.05) is 17.9 Å². The lowest BCUT2D eigenvalue weighted by molar-refractivity contribution is 0.178. The number of hydrogen-bond donors (Lipinski definition) is 1. The number of benzene rings is 1. The van der Waals surface area contributed by atoms with Crippen molar-refractivity contribution in [3.05, 3.63) is 30.1 Å². The minimum Gasteiger partial charge on any atom is -0.338 e. The Hall–Kier alpha value is -2.04. The second-order valence-corrected chi connectivity index (χ2v) is 6.54. The number of likely N-dealkylation sites (tertiary alicyclic amines) is 1. The van der Waals surface area contributed by atoms with Crippen LogP contribution in [-0.2, 0) is 0 Å². The molecule has 2 amide bonds. The van der Waals surface area contributed by atoms with E-state index in [1.165, 1.54) is 5.52 Å². The first-order valence-corrected chi connectivity index (χ1v) is 8.61. The van der Waals surface area contributed by atoms with Crippen molar-refractivity contribution in [2.45, 2.75) is 45.6 Å². The largest absolute Gasteiger partial charge is 0.338 e. The Morgan fingerprint density at radius 1 is 1.39 bits per heavy atom. The minimum atomic E-state index is 0.0457. The van der Waals surface area contributed by atoms with Gasteiger partial charge in [-0.25, -0.2) is 9.78 Å². The summed E-state index contributed by atoms with van der Waals surface area (Å²) in [7, 11) is 0. The van der Waals surface area contributed by atoms with Crippen molar-refractivity contribution in [1.29, 1.82) is 0 Å². The number of nitrogens with one attached hydrogen (secondary N) is 1. The number of urea groups is 1. The summed E-state index contributed by atoms with van der Waals surface area (Å²) < 4.78 is 2.33. The van der Waals surface area contributed by atoms with Crippen LogP contribution >= 0.6 is 0 Å². The normalized spacial score (nSPS) is 18.6. The molecule has 1 aromatic heterocycles. The van der Waals surface area contributed by atoms with Crippen molar-refractivity contribution >= 4 is 17.1 Å². The van der Waals surface area contributed by atoms with E-state index in [0.29, 0.717) is 18.5 Å². The van der Waals surface area contributed by atoms with Gasteiger partial charge < -0.3 is 14.8 Å². The van der Waals surface area contributed by atoms with Crippen molar-refractivity contribution in [2.24, 2.45) is 0 Å². The Labute approximate surface area is 137 Å². The van der Waals surface area contributed by atoms with Crippen LogP contribution in [0.5, 0.6) is 0 Å². The van der Waals surface area contributed by atoms with E-state index in [2.05, 4.69) is 41.9 Å². The number of nitrogens with zero attached hydrogens (tertiary/aromatic N) is 3. The Balaban J connectivity index is 1.93. The van der Waals surface area contributed by atoms with E-state index in [1.54, 1.807) is 0 Å². The second-order valence-electron chi connectivity index (χ2n) is 6.54. The molecule has 0 aliphatic carbocycles. The van der Waals surface area contributed by atoms with Gasteiger partial charge in [0.25, 0.3) is 0 Å². The summed E-state index contributed by atoms with van der Waals surface area (Å²) in [6, 6.07) is 8.71. The molecule has 1 saturated heterocycles. The molecule has 0 saturated carbocycles. The highest BCUT2D eigenvalue weighted by atomic mass is 16.2. The summed E-state index contributed by atoms with van der Waals surface area (Å²) in [6.07, 6.45) is 2.12. The number of hydrogen-bond acceptors (Lipinski definition) is 2. The standard InChI is InChI=1S/C18H26N4O/c1-4-19-18(23)21-11-7-8-14(12-21)17-20-15-9-5-6-10-16(15)22(17)13(2)3/h5-6,9-10,13-14H,4,7-8,11-12H2,1-3H3,(H,19,23). The van der Waals surface area contributed by atoms with E-state index < -0.39 is 0 Å². The summed E-state index contributed by atoms with van der Waals surface area (Å²) >= 11 is 0. The van der Waals surface area contributed by atoms with Crippen LogP contribution in [-0.4, -0.2) is 40.1 Å². The molecule has 3 rings (SSSR count). The Morgan fingerprint density at radius 2 is 2.17 bits per heavy atom. The van der Waals surface area contributed by atoms with Crippen LogP contribution in [0.2, 0.25) is 0 Å². The second kappa shape index (κ2) is 6.60. The van der Waals surface area contributed by atoms with Crippen LogP contribution < -0.4 is 5.32 Å². The molecule has 1 aliphatic rings. The molecule has 5 heteroatoms. The van der Waals surface area contributed by atoms with Crippen LogP contribution in [0.4, 0.5) is 4.79 Å². The zero-order valence-electron chi connectivity index (χ0n) is 14.2. The third-order valence-corrected chi connectivity index (χ3v) is 4.54. The first-order chi connectivity index (χ1) is 11.1. The monoisotopic (exact) mass is 314 g/mol. The fourth-order valence-electron chi connectivity index (χ4n) is 3.53. The van der Waals surface area contributed by atoms with Crippen molar-refractivity contribution in [3.8, 4) is 0 Å². The number of fused-ring (bicyclic) bond motifs is 1. The first kappa shape index (κ1) is 15.8. The minimum absolute atomic E-state index is 0.0457. The summed E-state index contributed by atoms with van der Waals surface area (Å²) in [6.45, 7) is 8.61. The lowest BCUT2D eigenvalue weighted by atomic mass is 9.97. The maximum absolute atomic E-state index is 12.2. The van der Waals surface area contributed by atoms with Gasteiger partial charge in [0, 0.05) is 31.6 Å². The maximum Gasteiger partial charge on any atom is 0.317 e. The molecule has 124 valence electrons. The number of para-hydroxylation sites is 2. The maximum atomic E-state index is 12.2. The molecule has 0 bridgehead atoms. The predicted molar refractivity (Wildman–Crippen MR) is 92.7 cm³/mol. The van der Waals surface area contributed by atoms with Crippen LogP contribution in [0.1, 0.15) is 51.4 Å². The number of carbonyl (C=O) groups excluding carboxylic acids is 1. The number of amides is 2. The molecule has 0 spiro atoms. The van der Waals surface area contributed by atoms with E-state index in [9.17, 15) is 4.79 Å². The van der Waals surface area contributed by atoms with Gasteiger partial charge >= 0.3 is 6.03 Å². The molecule has 1 N–H and O–H groups in total. The third-order valence-electron chi connectivity index (χ3n) is 4.54. The lowest BCUT2D eigenvalue weighted by Gasteiger charge is -2.33. The van der Waals surface area contributed by atoms with Gasteiger partial charge in [-0.05, 0) is 45.7 Å². The van der Waals surface area contributed by atoms with Gasteiger partial charge in [-0.3, -0.25) is 0 Å². The average molecular weight is 314 g/mol. The molecular weight excluding hydrogens is 288 g/mol. The fourth-order valence-corrected chi connectivity index (χ4v) is 3.53. The fraction of sp³-hybridized carbons (Fsp3) is 0.556. The number of rotatable bonds is 3. The summed E-state index contributed by atoms with van der Waals surface area (Å²) in [5.74, 6) is 1.43. The third kappa shape index (κ3) is 3.05. The molecule has 1 aromatic carbocycles. The number of imidazole rings is 1. The molecule has 23 heavy (non-hydrogen) atoms. The van der Waals surface area contributed by atoms with Gasteiger partial charge in [-0.15, -0.1) is 0 Å². The molecule has 1 fully saturated rings. The highest BCUT2D eigenvalue weighted by Crippen LogP contribution is 2.31. The van der Waals surface area contributed by atoms with E-state index in [4.69, 9.17) is 4.98 Å². The van der Waals surface area contributed by atoms with Crippen molar-refractivity contribution in [3.63, 3.8) is 0 Å². The molecule has 0 radical (unpaired) electrons. The highest BCUT2D eigenvalue weighted by molar-refractivity contribution is 5.76. The molecule has 5 nitrogen and oxygen atoms in total. The zero-order valence-corrected chi connectivity index (χ0v) is 14.2. The van der Waals surface area contributed by atoms with Gasteiger partial charge in [-0.1, -0.05) is 12.1 Å². The van der Waals surface area contributed by atoms with Gasteiger partial charge in [0.05, 0.1) is 11.0 Å². The topological polar surface area (TPSA) is 50.2 Å². The van der Waals surface area contributed by atoms with Gasteiger partial charge in [0.1, 0.15) is 5.82 Å². The van der Waals surface area contributed by atoms with Crippen LogP contribution in [0, 0.1) is 0 Å². The van der Waals surface area contributed by atoms with Gasteiger partial charge in [0.2, 0.25) is 0 Å². The predicted octanol–water partition coefficient (Wildman–Crippen LogP) is 3.53. The SMILES string of the molecule is CCNC(=O)N1CCCC(c2nc3ccccc3n2C(C)C)C1. The molecular formula is C18H26N4O. The van der Waals surface area contributed by atoms with Crippen LogP contribution in [0.15, 0.2) is 24.3 Å². The number of piperidine rings is 1. The molecule has 1 aliphatic heterocycles. The van der Waals surface area contributed by atoms with Gasteiger partial charge in [0.15, 0.2) is 0 Å². The zero-order chi connectivity index (χ0) is 16.4. The van der Waals surface area contributed by atoms with Crippen molar-refractivity contribution < 1.29 is 4.79 Å². The Kier molecular flexibility index (Phi) is 4.55. The Bertz CT molecular complexity index is 691. The van der Waals surface area contributed by atoms with E-state index >= 15 is 0 Å². The first-order valence-electron chi connectivity index (χ1n) is 8.61. The summed E-state index contributed by atoms with van der Waals surface area (Å²) in [5, 5.41) is 2.91. The molecule has 1 atom stereocenters. The number of carbonyl (C=O) groups is 1. The van der Waals surface area contributed by atoms with Crippen molar-refractivity contribution in [1.82, 2.24) is 19.8 Å². The summed E-state index contributed by atoms with van der Waals surface area (Å²) in [4.78, 5) is 19.0. The average Bonchev–Trinajstić information content (AvgIpc) is 2.95. The van der Waals surface area contributed by atoms with Gasteiger partial charge in [-0.2, -0.15) is 0 Å². The lowest BCUT2D eigenvalue weighted by Crippen LogP contribution is -2.45. The summed E-state index contributed by atoms with van der Waals surface area (Å²) in [5.41, 5.74) is 2.24. The van der Waals surface area contributed by atoms with E-state index in [-0.39, 0.29) is 6.03 Å². The highest BCUT2D eigenvalue weighted by Gasteiger charge is 2.28. The molecule has 2 aromatic rings.